The Morgan fingerprint density at radius 3 is 2.28 bits per heavy atom. The van der Waals surface area contributed by atoms with Gasteiger partial charge in [-0.3, -0.25) is 9.59 Å². The van der Waals surface area contributed by atoms with Gasteiger partial charge < -0.3 is 28.9 Å². The molecule has 0 fully saturated rings. The van der Waals surface area contributed by atoms with Gasteiger partial charge in [0.2, 0.25) is 5.75 Å². The first-order chi connectivity index (χ1) is 14.0. The van der Waals surface area contributed by atoms with Gasteiger partial charge in [-0.1, -0.05) is 0 Å². The number of pyridine rings is 1. The number of ether oxygens (including phenoxy) is 3. The topological polar surface area (TPSA) is 103 Å². The minimum absolute atomic E-state index is 0.000372. The van der Waals surface area contributed by atoms with Crippen molar-refractivity contribution in [1.29, 1.82) is 0 Å². The van der Waals surface area contributed by atoms with E-state index in [2.05, 4.69) is 10.3 Å². The Morgan fingerprint density at radius 1 is 1.07 bits per heavy atom. The monoisotopic (exact) mass is 398 g/mol. The van der Waals surface area contributed by atoms with Crippen LogP contribution < -0.4 is 25.1 Å². The van der Waals surface area contributed by atoms with Crippen LogP contribution >= 0.6 is 0 Å². The lowest BCUT2D eigenvalue weighted by Gasteiger charge is -2.18. The first-order valence-electron chi connectivity index (χ1n) is 8.86. The zero-order chi connectivity index (χ0) is 21.0. The van der Waals surface area contributed by atoms with Crippen molar-refractivity contribution in [1.82, 2.24) is 10.3 Å². The third-order valence-corrected chi connectivity index (χ3v) is 4.48. The molecule has 0 bridgehead atoms. The molecular formula is C21H22N2O6. The van der Waals surface area contributed by atoms with E-state index in [1.807, 2.05) is 0 Å². The fraction of sp³-hybridized carbons (Fsp3) is 0.238. The number of aromatic nitrogens is 1. The third-order valence-electron chi connectivity index (χ3n) is 4.48. The fourth-order valence-corrected chi connectivity index (χ4v) is 2.94. The quantitative estimate of drug-likeness (QED) is 0.634. The molecule has 2 N–H and O–H groups in total. The Balaban J connectivity index is 1.83. The van der Waals surface area contributed by atoms with Crippen LogP contribution in [0.2, 0.25) is 0 Å². The maximum atomic E-state index is 12.6. The number of aromatic amines is 1. The van der Waals surface area contributed by atoms with Crippen LogP contribution in [0.25, 0.3) is 11.5 Å². The number of hydrogen-bond donors (Lipinski definition) is 2. The van der Waals surface area contributed by atoms with E-state index in [-0.39, 0.29) is 5.56 Å². The van der Waals surface area contributed by atoms with E-state index in [0.717, 1.165) is 5.56 Å². The maximum Gasteiger partial charge on any atom is 0.261 e. The van der Waals surface area contributed by atoms with Crippen molar-refractivity contribution in [2.75, 3.05) is 21.3 Å². The van der Waals surface area contributed by atoms with E-state index in [9.17, 15) is 9.59 Å². The molecule has 1 unspecified atom stereocenters. The molecule has 0 radical (unpaired) electrons. The van der Waals surface area contributed by atoms with Gasteiger partial charge >= 0.3 is 0 Å². The van der Waals surface area contributed by atoms with Crippen LogP contribution in [0.15, 0.2) is 51.9 Å². The average Bonchev–Trinajstić information content (AvgIpc) is 3.27. The maximum absolute atomic E-state index is 12.6. The van der Waals surface area contributed by atoms with E-state index in [4.69, 9.17) is 18.6 Å². The molecule has 0 saturated carbocycles. The summed E-state index contributed by atoms with van der Waals surface area (Å²) in [5.41, 5.74) is 0.721. The van der Waals surface area contributed by atoms with E-state index in [1.54, 1.807) is 37.3 Å². The summed E-state index contributed by atoms with van der Waals surface area (Å²) in [7, 11) is 4.55. The molecule has 152 valence electrons. The molecular weight excluding hydrogens is 376 g/mol. The standard InChI is InChI=1S/C21H22N2O6/c1-12(13-10-17(26-2)19(28-4)18(11-13)27-3)22-20(24)14-7-8-15(23-21(14)25)16-6-5-9-29-16/h5-12H,1-4H3,(H,22,24)(H,23,25). The lowest BCUT2D eigenvalue weighted by atomic mass is 10.1. The molecule has 3 aromatic rings. The van der Waals surface area contributed by atoms with Gasteiger partial charge in [0.05, 0.1) is 39.3 Å². The largest absolute Gasteiger partial charge is 0.493 e. The summed E-state index contributed by atoms with van der Waals surface area (Å²) in [4.78, 5) is 27.7. The number of carbonyl (C=O) groups is 1. The van der Waals surface area contributed by atoms with Gasteiger partial charge in [0, 0.05) is 0 Å². The molecule has 0 aliphatic carbocycles. The number of carbonyl (C=O) groups excluding carboxylic acids is 1. The molecule has 29 heavy (non-hydrogen) atoms. The Kier molecular flexibility index (Phi) is 5.92. The van der Waals surface area contributed by atoms with Crippen molar-refractivity contribution in [2.24, 2.45) is 0 Å². The number of methoxy groups -OCH3 is 3. The number of benzene rings is 1. The fourth-order valence-electron chi connectivity index (χ4n) is 2.94. The van der Waals surface area contributed by atoms with Crippen LogP contribution in [0.5, 0.6) is 17.2 Å². The van der Waals surface area contributed by atoms with Crippen molar-refractivity contribution in [3.05, 3.63) is 64.1 Å². The molecule has 1 aromatic carbocycles. The second-order valence-electron chi connectivity index (χ2n) is 6.25. The third kappa shape index (κ3) is 4.11. The summed E-state index contributed by atoms with van der Waals surface area (Å²) in [6, 6.07) is 9.60. The van der Waals surface area contributed by atoms with Gasteiger partial charge in [0.1, 0.15) is 11.3 Å². The van der Waals surface area contributed by atoms with Crippen LogP contribution in [-0.4, -0.2) is 32.2 Å². The van der Waals surface area contributed by atoms with E-state index < -0.39 is 17.5 Å². The summed E-state index contributed by atoms with van der Waals surface area (Å²) in [6.07, 6.45) is 1.51. The highest BCUT2D eigenvalue weighted by Crippen LogP contribution is 2.39. The lowest BCUT2D eigenvalue weighted by Crippen LogP contribution is -2.31. The highest BCUT2D eigenvalue weighted by atomic mass is 16.5. The van der Waals surface area contributed by atoms with Crippen LogP contribution in [0.4, 0.5) is 0 Å². The molecule has 0 aliphatic rings. The van der Waals surface area contributed by atoms with Crippen molar-refractivity contribution >= 4 is 5.91 Å². The highest BCUT2D eigenvalue weighted by molar-refractivity contribution is 5.94. The Bertz CT molecular complexity index is 1030. The first kappa shape index (κ1) is 20.1. The number of nitrogens with one attached hydrogen (secondary N) is 2. The Morgan fingerprint density at radius 2 is 1.76 bits per heavy atom. The highest BCUT2D eigenvalue weighted by Gasteiger charge is 2.19. The smallest absolute Gasteiger partial charge is 0.261 e. The minimum Gasteiger partial charge on any atom is -0.493 e. The van der Waals surface area contributed by atoms with Crippen molar-refractivity contribution in [3.63, 3.8) is 0 Å². The summed E-state index contributed by atoms with van der Waals surface area (Å²) >= 11 is 0. The van der Waals surface area contributed by atoms with Crippen LogP contribution in [0.3, 0.4) is 0 Å². The SMILES string of the molecule is COc1cc(C(C)NC(=O)c2ccc(-c3ccco3)[nH]c2=O)cc(OC)c1OC. The van der Waals surface area contributed by atoms with Gasteiger partial charge in [0.25, 0.3) is 11.5 Å². The zero-order valence-electron chi connectivity index (χ0n) is 16.6. The molecule has 1 atom stereocenters. The van der Waals surface area contributed by atoms with Gasteiger partial charge in [-0.05, 0) is 48.9 Å². The normalized spacial score (nSPS) is 11.6. The summed E-state index contributed by atoms with van der Waals surface area (Å²) < 4.78 is 21.3. The molecule has 0 spiro atoms. The number of H-pyrrole nitrogens is 1. The molecule has 8 heteroatoms. The van der Waals surface area contributed by atoms with Crippen molar-refractivity contribution < 1.29 is 23.4 Å². The summed E-state index contributed by atoms with van der Waals surface area (Å²) in [5, 5.41) is 2.81. The van der Waals surface area contributed by atoms with Gasteiger partial charge in [-0.25, -0.2) is 0 Å². The van der Waals surface area contributed by atoms with Crippen LogP contribution in [0, 0.1) is 0 Å². The molecule has 3 rings (SSSR count). The Hall–Kier alpha value is -3.68. The molecule has 0 aliphatic heterocycles. The van der Waals surface area contributed by atoms with Crippen LogP contribution in [0.1, 0.15) is 28.9 Å². The second-order valence-corrected chi connectivity index (χ2v) is 6.25. The van der Waals surface area contributed by atoms with E-state index in [0.29, 0.717) is 28.7 Å². The molecule has 2 aromatic heterocycles. The van der Waals surface area contributed by atoms with Gasteiger partial charge in [-0.2, -0.15) is 0 Å². The second kappa shape index (κ2) is 8.55. The van der Waals surface area contributed by atoms with E-state index >= 15 is 0 Å². The molecule has 8 nitrogen and oxygen atoms in total. The van der Waals surface area contributed by atoms with Gasteiger partial charge in [0.15, 0.2) is 11.5 Å². The number of furan rings is 1. The minimum atomic E-state index is -0.506. The number of amides is 1. The van der Waals surface area contributed by atoms with Gasteiger partial charge in [-0.15, -0.1) is 0 Å². The predicted octanol–water partition coefficient (Wildman–Crippen LogP) is 3.15. The van der Waals surface area contributed by atoms with Crippen LogP contribution in [-0.2, 0) is 0 Å². The van der Waals surface area contributed by atoms with Crippen molar-refractivity contribution in [3.8, 4) is 28.7 Å². The summed E-state index contributed by atoms with van der Waals surface area (Å²) in [6.45, 7) is 1.80. The summed E-state index contributed by atoms with van der Waals surface area (Å²) in [5.74, 6) is 1.42. The molecule has 0 saturated heterocycles. The molecule has 1 amide bonds. The predicted molar refractivity (Wildman–Crippen MR) is 107 cm³/mol. The van der Waals surface area contributed by atoms with Crippen molar-refractivity contribution in [2.45, 2.75) is 13.0 Å². The Labute approximate surface area is 167 Å². The first-order valence-corrected chi connectivity index (χ1v) is 8.86. The number of hydrogen-bond acceptors (Lipinski definition) is 6. The van der Waals surface area contributed by atoms with E-state index in [1.165, 1.54) is 33.7 Å². The zero-order valence-corrected chi connectivity index (χ0v) is 16.6. The lowest BCUT2D eigenvalue weighted by molar-refractivity contribution is 0.0938. The average molecular weight is 398 g/mol. The number of rotatable bonds is 7. The molecule has 2 heterocycles.